The van der Waals surface area contributed by atoms with Crippen molar-refractivity contribution >= 4 is 16.7 Å². The van der Waals surface area contributed by atoms with Crippen molar-refractivity contribution in [3.8, 4) is 0 Å². The van der Waals surface area contributed by atoms with Crippen LogP contribution in [0.25, 0.3) is 10.8 Å². The number of aromatic nitrogens is 2. The molecule has 1 amide bonds. The minimum atomic E-state index is -0.276. The van der Waals surface area contributed by atoms with Crippen molar-refractivity contribution < 1.29 is 4.79 Å². The van der Waals surface area contributed by atoms with E-state index in [0.717, 1.165) is 38.8 Å². The Morgan fingerprint density at radius 3 is 2.48 bits per heavy atom. The average Bonchev–Trinajstić information content (AvgIpc) is 3.19. The maximum atomic E-state index is 12.9. The number of benzene rings is 2. The number of hydrogen-bond acceptors (Lipinski definition) is 4. The molecule has 1 atom stereocenters. The third-order valence-electron chi connectivity index (χ3n) is 6.25. The lowest BCUT2D eigenvalue weighted by Crippen LogP contribution is -2.51. The van der Waals surface area contributed by atoms with Crippen LogP contribution in [0, 0.1) is 0 Å². The molecule has 6 nitrogen and oxygen atoms in total. The van der Waals surface area contributed by atoms with Gasteiger partial charge in [0.2, 0.25) is 0 Å². The Hall–Kier alpha value is -2.99. The topological polar surface area (TPSA) is 78.1 Å². The van der Waals surface area contributed by atoms with Crippen molar-refractivity contribution in [2.45, 2.75) is 37.8 Å². The van der Waals surface area contributed by atoms with E-state index in [1.165, 1.54) is 11.1 Å². The molecule has 1 aliphatic carbocycles. The van der Waals surface area contributed by atoms with Crippen LogP contribution in [0.4, 0.5) is 0 Å². The first kappa shape index (κ1) is 18.1. The Balaban J connectivity index is 1.30. The van der Waals surface area contributed by atoms with Gasteiger partial charge in [-0.05, 0) is 49.4 Å². The van der Waals surface area contributed by atoms with Gasteiger partial charge in [-0.3, -0.25) is 14.5 Å². The van der Waals surface area contributed by atoms with Crippen LogP contribution in [-0.2, 0) is 12.8 Å². The van der Waals surface area contributed by atoms with Gasteiger partial charge in [-0.1, -0.05) is 42.5 Å². The summed E-state index contributed by atoms with van der Waals surface area (Å²) in [6.07, 6.45) is 4.20. The Kier molecular flexibility index (Phi) is 4.64. The fourth-order valence-electron chi connectivity index (χ4n) is 4.79. The number of hydrogen-bond donors (Lipinski definition) is 2. The molecule has 2 heterocycles. The molecular weight excluding hydrogens is 364 g/mol. The highest BCUT2D eigenvalue weighted by molar-refractivity contribution is 6.04. The van der Waals surface area contributed by atoms with Crippen LogP contribution in [-0.4, -0.2) is 46.2 Å². The summed E-state index contributed by atoms with van der Waals surface area (Å²) in [6, 6.07) is 16.4. The third kappa shape index (κ3) is 3.44. The molecule has 0 bridgehead atoms. The SMILES string of the molecule is O=C(N[C@@H]1CCCN(C2Cc3ccccc3C2)C1)c1n[nH]c(=O)c2ccccc12. The number of nitrogens with zero attached hydrogens (tertiary/aromatic N) is 2. The number of carbonyl (C=O) groups is 1. The maximum absolute atomic E-state index is 12.9. The van der Waals surface area contributed by atoms with Crippen molar-refractivity contribution in [3.05, 3.63) is 75.7 Å². The molecule has 148 valence electrons. The summed E-state index contributed by atoms with van der Waals surface area (Å²) < 4.78 is 0. The van der Waals surface area contributed by atoms with Gasteiger partial charge in [0.25, 0.3) is 11.5 Å². The standard InChI is InChI=1S/C23H24N4O2/c28-22-20-10-4-3-9-19(20)21(25-26-22)23(29)24-17-8-5-11-27(14-17)18-12-15-6-1-2-7-16(15)13-18/h1-4,6-7,9-10,17-18H,5,8,11-14H2,(H,24,29)(H,26,28)/t17-/m1/s1. The molecule has 0 saturated carbocycles. The van der Waals surface area contributed by atoms with Crippen molar-refractivity contribution in [2.75, 3.05) is 13.1 Å². The van der Waals surface area contributed by atoms with Crippen LogP contribution in [0.15, 0.2) is 53.3 Å². The van der Waals surface area contributed by atoms with Gasteiger partial charge in [0.15, 0.2) is 5.69 Å². The highest BCUT2D eigenvalue weighted by Gasteiger charge is 2.31. The monoisotopic (exact) mass is 388 g/mol. The molecule has 5 rings (SSSR count). The van der Waals surface area contributed by atoms with Crippen LogP contribution in [0.3, 0.4) is 0 Å². The molecule has 1 aliphatic heterocycles. The van der Waals surface area contributed by atoms with E-state index in [-0.39, 0.29) is 23.2 Å². The molecule has 2 N–H and O–H groups in total. The lowest BCUT2D eigenvalue weighted by molar-refractivity contribution is 0.0872. The van der Waals surface area contributed by atoms with Crippen LogP contribution in [0.1, 0.15) is 34.5 Å². The molecule has 0 radical (unpaired) electrons. The normalized spacial score (nSPS) is 19.9. The number of fused-ring (bicyclic) bond motifs is 2. The quantitative estimate of drug-likeness (QED) is 0.722. The Morgan fingerprint density at radius 2 is 1.72 bits per heavy atom. The minimum absolute atomic E-state index is 0.0902. The van der Waals surface area contributed by atoms with Crippen molar-refractivity contribution in [3.63, 3.8) is 0 Å². The molecule has 2 aromatic carbocycles. The number of H-pyrrole nitrogens is 1. The number of piperidine rings is 1. The first-order chi connectivity index (χ1) is 14.2. The molecule has 1 aromatic heterocycles. The van der Waals surface area contributed by atoms with Crippen LogP contribution in [0.5, 0.6) is 0 Å². The maximum Gasteiger partial charge on any atom is 0.272 e. The van der Waals surface area contributed by atoms with E-state index in [1.54, 1.807) is 18.2 Å². The second kappa shape index (κ2) is 7.44. The van der Waals surface area contributed by atoms with Crippen LogP contribution in [0.2, 0.25) is 0 Å². The number of likely N-dealkylation sites (tertiary alicyclic amines) is 1. The predicted octanol–water partition coefficient (Wildman–Crippen LogP) is 2.28. The highest BCUT2D eigenvalue weighted by Crippen LogP contribution is 2.27. The lowest BCUT2D eigenvalue weighted by Gasteiger charge is -2.37. The van der Waals surface area contributed by atoms with E-state index in [4.69, 9.17) is 0 Å². The average molecular weight is 388 g/mol. The minimum Gasteiger partial charge on any atom is -0.347 e. The molecule has 0 unspecified atom stereocenters. The molecule has 2 aliphatic rings. The van der Waals surface area contributed by atoms with E-state index in [2.05, 4.69) is 44.7 Å². The summed E-state index contributed by atoms with van der Waals surface area (Å²) in [4.78, 5) is 27.4. The Morgan fingerprint density at radius 1 is 1.03 bits per heavy atom. The van der Waals surface area contributed by atoms with Crippen molar-refractivity contribution in [1.82, 2.24) is 20.4 Å². The van der Waals surface area contributed by atoms with E-state index in [0.29, 0.717) is 16.8 Å². The Bertz CT molecular complexity index is 1100. The van der Waals surface area contributed by atoms with E-state index in [1.807, 2.05) is 6.07 Å². The summed E-state index contributed by atoms with van der Waals surface area (Å²) in [5, 5.41) is 10.7. The summed E-state index contributed by atoms with van der Waals surface area (Å²) in [5.41, 5.74) is 2.91. The summed E-state index contributed by atoms with van der Waals surface area (Å²) in [5.74, 6) is -0.223. The smallest absolute Gasteiger partial charge is 0.272 e. The number of rotatable bonds is 3. The van der Waals surface area contributed by atoms with Gasteiger partial charge in [-0.25, -0.2) is 5.10 Å². The first-order valence-corrected chi connectivity index (χ1v) is 10.3. The van der Waals surface area contributed by atoms with E-state index in [9.17, 15) is 9.59 Å². The van der Waals surface area contributed by atoms with Crippen molar-refractivity contribution in [1.29, 1.82) is 0 Å². The van der Waals surface area contributed by atoms with Gasteiger partial charge < -0.3 is 5.32 Å². The van der Waals surface area contributed by atoms with Gasteiger partial charge in [-0.15, -0.1) is 0 Å². The van der Waals surface area contributed by atoms with Crippen LogP contribution < -0.4 is 10.9 Å². The van der Waals surface area contributed by atoms with Gasteiger partial charge in [-0.2, -0.15) is 5.10 Å². The van der Waals surface area contributed by atoms with Gasteiger partial charge in [0.05, 0.1) is 5.39 Å². The predicted molar refractivity (Wildman–Crippen MR) is 112 cm³/mol. The zero-order valence-electron chi connectivity index (χ0n) is 16.2. The van der Waals surface area contributed by atoms with E-state index >= 15 is 0 Å². The fraction of sp³-hybridized carbons (Fsp3) is 0.348. The molecule has 1 fully saturated rings. The van der Waals surface area contributed by atoms with Crippen molar-refractivity contribution in [2.24, 2.45) is 0 Å². The number of nitrogens with one attached hydrogen (secondary N) is 2. The molecule has 29 heavy (non-hydrogen) atoms. The number of aromatic amines is 1. The largest absolute Gasteiger partial charge is 0.347 e. The fourth-order valence-corrected chi connectivity index (χ4v) is 4.79. The van der Waals surface area contributed by atoms with Gasteiger partial charge >= 0.3 is 0 Å². The summed E-state index contributed by atoms with van der Waals surface area (Å²) >= 11 is 0. The number of carbonyl (C=O) groups excluding carboxylic acids is 1. The van der Waals surface area contributed by atoms with Gasteiger partial charge in [0, 0.05) is 24.0 Å². The zero-order valence-corrected chi connectivity index (χ0v) is 16.2. The molecule has 0 spiro atoms. The zero-order chi connectivity index (χ0) is 19.8. The Labute approximate surface area is 168 Å². The summed E-state index contributed by atoms with van der Waals surface area (Å²) in [6.45, 7) is 1.93. The van der Waals surface area contributed by atoms with Crippen LogP contribution >= 0.6 is 0 Å². The van der Waals surface area contributed by atoms with E-state index < -0.39 is 0 Å². The molecule has 3 aromatic rings. The second-order valence-corrected chi connectivity index (χ2v) is 8.09. The molecular formula is C23H24N4O2. The molecule has 1 saturated heterocycles. The van der Waals surface area contributed by atoms with Gasteiger partial charge in [0.1, 0.15) is 0 Å². The first-order valence-electron chi connectivity index (χ1n) is 10.3. The summed E-state index contributed by atoms with van der Waals surface area (Å²) in [7, 11) is 0. The highest BCUT2D eigenvalue weighted by atomic mass is 16.2. The number of amides is 1. The molecule has 6 heteroatoms. The second-order valence-electron chi connectivity index (χ2n) is 8.09. The lowest BCUT2D eigenvalue weighted by atomic mass is 10.0. The third-order valence-corrected chi connectivity index (χ3v) is 6.25.